The molecule has 2 amide bonds. The number of aliphatic carboxylic acids is 1. The number of nitrogens with zero attached hydrogens (tertiary/aromatic N) is 1. The Morgan fingerprint density at radius 1 is 1.05 bits per heavy atom. The van der Waals surface area contributed by atoms with Crippen LogP contribution < -0.4 is 0 Å². The number of carbonyl (C=O) groups excluding carboxylic acids is 2. The lowest BCUT2D eigenvalue weighted by atomic mass is 9.71. The van der Waals surface area contributed by atoms with E-state index in [4.69, 9.17) is 5.11 Å². The molecular weight excluding hydrogens is 246 g/mol. The molecule has 5 heteroatoms. The molecule has 0 aromatic rings. The topological polar surface area (TPSA) is 74.7 Å². The van der Waals surface area contributed by atoms with Crippen LogP contribution in [0.2, 0.25) is 0 Å². The monoisotopic (exact) mass is 267 g/mol. The van der Waals surface area contributed by atoms with Gasteiger partial charge in [-0.2, -0.15) is 0 Å². The number of imide groups is 1. The van der Waals surface area contributed by atoms with E-state index in [9.17, 15) is 14.4 Å². The number of carbonyl (C=O) groups is 3. The van der Waals surface area contributed by atoms with Crippen molar-refractivity contribution in [2.24, 2.45) is 5.41 Å². The minimum Gasteiger partial charge on any atom is -0.481 e. The molecule has 1 aliphatic carbocycles. The third-order valence-electron chi connectivity index (χ3n) is 4.32. The molecule has 2 aliphatic rings. The Bertz CT molecular complexity index is 369. The summed E-state index contributed by atoms with van der Waals surface area (Å²) in [5.41, 5.74) is -0.396. The molecular formula is C14H21NO4. The molecule has 1 saturated heterocycles. The average Bonchev–Trinajstić information content (AvgIpc) is 2.34. The molecule has 0 radical (unpaired) electrons. The van der Waals surface area contributed by atoms with E-state index in [1.165, 1.54) is 4.90 Å². The van der Waals surface area contributed by atoms with Gasteiger partial charge in [0.1, 0.15) is 0 Å². The van der Waals surface area contributed by atoms with E-state index in [0.29, 0.717) is 25.8 Å². The van der Waals surface area contributed by atoms with Crippen molar-refractivity contribution >= 4 is 17.8 Å². The third-order valence-corrected chi connectivity index (χ3v) is 4.32. The fourth-order valence-corrected chi connectivity index (χ4v) is 3.32. The van der Waals surface area contributed by atoms with Crippen molar-refractivity contribution in [1.29, 1.82) is 0 Å². The van der Waals surface area contributed by atoms with E-state index in [1.54, 1.807) is 0 Å². The normalized spacial score (nSPS) is 23.5. The van der Waals surface area contributed by atoms with Gasteiger partial charge in [0.2, 0.25) is 11.8 Å². The van der Waals surface area contributed by atoms with Gasteiger partial charge in [0.05, 0.1) is 6.42 Å². The average molecular weight is 267 g/mol. The zero-order chi connectivity index (χ0) is 13.9. The van der Waals surface area contributed by atoms with E-state index >= 15 is 0 Å². The Balaban J connectivity index is 2.12. The van der Waals surface area contributed by atoms with Crippen LogP contribution in [0.3, 0.4) is 0 Å². The minimum atomic E-state index is -0.834. The number of likely N-dealkylation sites (tertiary alicyclic amines) is 1. The van der Waals surface area contributed by atoms with E-state index in [2.05, 4.69) is 0 Å². The standard InChI is InChI=1S/C14H21NO4/c16-11-5-4-6-12(17)15(11)10-14(9-13(18)19)7-2-1-3-8-14/h1-10H2,(H,18,19). The van der Waals surface area contributed by atoms with Gasteiger partial charge >= 0.3 is 5.97 Å². The van der Waals surface area contributed by atoms with Crippen molar-refractivity contribution in [3.05, 3.63) is 0 Å². The summed E-state index contributed by atoms with van der Waals surface area (Å²) < 4.78 is 0. The second-order valence-corrected chi connectivity index (χ2v) is 5.86. The van der Waals surface area contributed by atoms with E-state index < -0.39 is 11.4 Å². The molecule has 0 spiro atoms. The van der Waals surface area contributed by atoms with Crippen LogP contribution in [0.1, 0.15) is 57.8 Å². The molecule has 5 nitrogen and oxygen atoms in total. The summed E-state index contributed by atoms with van der Waals surface area (Å²) >= 11 is 0. The summed E-state index contributed by atoms with van der Waals surface area (Å²) in [7, 11) is 0. The summed E-state index contributed by atoms with van der Waals surface area (Å²) in [5, 5.41) is 9.10. The maximum absolute atomic E-state index is 11.9. The maximum Gasteiger partial charge on any atom is 0.303 e. The van der Waals surface area contributed by atoms with Gasteiger partial charge in [0.15, 0.2) is 0 Å². The van der Waals surface area contributed by atoms with Crippen molar-refractivity contribution in [2.75, 3.05) is 6.54 Å². The van der Waals surface area contributed by atoms with E-state index in [0.717, 1.165) is 32.1 Å². The maximum atomic E-state index is 11.9. The lowest BCUT2D eigenvalue weighted by Gasteiger charge is -2.40. The fraction of sp³-hybridized carbons (Fsp3) is 0.786. The summed E-state index contributed by atoms with van der Waals surface area (Å²) in [6.07, 6.45) is 6.21. The molecule has 0 aromatic carbocycles. The molecule has 1 heterocycles. The highest BCUT2D eigenvalue weighted by Gasteiger charge is 2.39. The highest BCUT2D eigenvalue weighted by molar-refractivity contribution is 5.97. The molecule has 1 N–H and O–H groups in total. The van der Waals surface area contributed by atoms with Gasteiger partial charge in [0, 0.05) is 19.4 Å². The number of hydrogen-bond donors (Lipinski definition) is 1. The largest absolute Gasteiger partial charge is 0.481 e. The zero-order valence-corrected chi connectivity index (χ0v) is 11.2. The molecule has 2 fully saturated rings. The Labute approximate surface area is 113 Å². The molecule has 19 heavy (non-hydrogen) atoms. The van der Waals surface area contributed by atoms with Crippen molar-refractivity contribution < 1.29 is 19.5 Å². The number of rotatable bonds is 4. The number of hydrogen-bond acceptors (Lipinski definition) is 3. The first kappa shape index (κ1) is 14.0. The lowest BCUT2D eigenvalue weighted by molar-refractivity contribution is -0.153. The van der Waals surface area contributed by atoms with Gasteiger partial charge in [-0.1, -0.05) is 19.3 Å². The van der Waals surface area contributed by atoms with Gasteiger partial charge < -0.3 is 5.11 Å². The first-order valence-electron chi connectivity index (χ1n) is 7.07. The van der Waals surface area contributed by atoms with Gasteiger partial charge in [0.25, 0.3) is 0 Å². The fourth-order valence-electron chi connectivity index (χ4n) is 3.32. The second-order valence-electron chi connectivity index (χ2n) is 5.86. The van der Waals surface area contributed by atoms with Crippen LogP contribution in [-0.2, 0) is 14.4 Å². The van der Waals surface area contributed by atoms with Crippen LogP contribution in [0.25, 0.3) is 0 Å². The highest BCUT2D eigenvalue weighted by Crippen LogP contribution is 2.40. The van der Waals surface area contributed by atoms with Crippen molar-refractivity contribution in [1.82, 2.24) is 4.90 Å². The van der Waals surface area contributed by atoms with Crippen molar-refractivity contribution in [3.63, 3.8) is 0 Å². The molecule has 2 rings (SSSR count). The lowest BCUT2D eigenvalue weighted by Crippen LogP contribution is -2.48. The van der Waals surface area contributed by atoms with Gasteiger partial charge in [-0.05, 0) is 24.7 Å². The predicted octanol–water partition coefficient (Wildman–Crippen LogP) is 1.95. The van der Waals surface area contributed by atoms with Crippen LogP contribution in [-0.4, -0.2) is 34.3 Å². The first-order chi connectivity index (χ1) is 9.02. The molecule has 0 bridgehead atoms. The van der Waals surface area contributed by atoms with Crippen LogP contribution >= 0.6 is 0 Å². The summed E-state index contributed by atoms with van der Waals surface area (Å²) in [4.78, 5) is 36.1. The Morgan fingerprint density at radius 3 is 2.16 bits per heavy atom. The zero-order valence-electron chi connectivity index (χ0n) is 11.2. The summed E-state index contributed by atoms with van der Waals surface area (Å²) in [6.45, 7) is 0.303. The number of carboxylic acid groups (broad SMARTS) is 1. The predicted molar refractivity (Wildman–Crippen MR) is 68.3 cm³/mol. The van der Waals surface area contributed by atoms with Crippen molar-refractivity contribution in [3.8, 4) is 0 Å². The van der Waals surface area contributed by atoms with Gasteiger partial charge in [-0.25, -0.2) is 0 Å². The molecule has 0 aromatic heterocycles. The smallest absolute Gasteiger partial charge is 0.303 e. The van der Waals surface area contributed by atoms with Crippen LogP contribution in [0, 0.1) is 5.41 Å². The van der Waals surface area contributed by atoms with E-state index in [-0.39, 0.29) is 18.2 Å². The summed E-state index contributed by atoms with van der Waals surface area (Å²) in [5.74, 6) is -1.10. The SMILES string of the molecule is O=C(O)CC1(CN2C(=O)CCCC2=O)CCCCC1. The van der Waals surface area contributed by atoms with E-state index in [1.807, 2.05) is 0 Å². The van der Waals surface area contributed by atoms with Gasteiger partial charge in [-0.15, -0.1) is 0 Å². The van der Waals surface area contributed by atoms with Crippen LogP contribution in [0.5, 0.6) is 0 Å². The van der Waals surface area contributed by atoms with Gasteiger partial charge in [-0.3, -0.25) is 19.3 Å². The Hall–Kier alpha value is -1.39. The first-order valence-corrected chi connectivity index (χ1v) is 7.07. The number of piperidine rings is 1. The molecule has 0 atom stereocenters. The third kappa shape index (κ3) is 3.33. The molecule has 0 unspecified atom stereocenters. The highest BCUT2D eigenvalue weighted by atomic mass is 16.4. The second kappa shape index (κ2) is 5.72. The Morgan fingerprint density at radius 2 is 1.63 bits per heavy atom. The molecule has 106 valence electrons. The summed E-state index contributed by atoms with van der Waals surface area (Å²) in [6, 6.07) is 0. The number of carboxylic acids is 1. The van der Waals surface area contributed by atoms with Crippen LogP contribution in [0.15, 0.2) is 0 Å². The van der Waals surface area contributed by atoms with Crippen molar-refractivity contribution in [2.45, 2.75) is 57.8 Å². The minimum absolute atomic E-state index is 0.0596. The quantitative estimate of drug-likeness (QED) is 0.790. The molecule has 1 aliphatic heterocycles. The Kier molecular flexibility index (Phi) is 4.22. The van der Waals surface area contributed by atoms with Crippen LogP contribution in [0.4, 0.5) is 0 Å². The molecule has 1 saturated carbocycles. The number of amides is 2.